The molecule has 0 unspecified atom stereocenters. The maximum atomic E-state index is 12.1. The smallest absolute Gasteiger partial charge is 0.146 e. The molecule has 0 aromatic rings. The normalized spacial score (nSPS) is 57.9. The van der Waals surface area contributed by atoms with E-state index in [2.05, 4.69) is 29.8 Å². The van der Waals surface area contributed by atoms with Gasteiger partial charge in [-0.3, -0.25) is 4.79 Å². The van der Waals surface area contributed by atoms with E-state index >= 15 is 0 Å². The average Bonchev–Trinajstić information content (AvgIpc) is 2.79. The highest BCUT2D eigenvalue weighted by molar-refractivity contribution is 9.10. The van der Waals surface area contributed by atoms with Gasteiger partial charge >= 0.3 is 0 Å². The van der Waals surface area contributed by atoms with Crippen LogP contribution in [-0.2, 0) is 4.79 Å². The lowest BCUT2D eigenvalue weighted by Crippen LogP contribution is -2.56. The number of aliphatic hydroxyl groups excluding tert-OH is 1. The zero-order valence-electron chi connectivity index (χ0n) is 13.9. The van der Waals surface area contributed by atoms with Crippen molar-refractivity contribution in [2.75, 3.05) is 0 Å². The van der Waals surface area contributed by atoms with Gasteiger partial charge in [-0.05, 0) is 79.4 Å². The van der Waals surface area contributed by atoms with Crippen molar-refractivity contribution >= 4 is 21.7 Å². The number of ketones is 1. The molecule has 4 saturated carbocycles. The summed E-state index contributed by atoms with van der Waals surface area (Å²) >= 11 is 3.73. The predicted molar refractivity (Wildman–Crippen MR) is 90.8 cm³/mol. The molecule has 0 aromatic carbocycles. The second kappa shape index (κ2) is 5.05. The maximum Gasteiger partial charge on any atom is 0.146 e. The largest absolute Gasteiger partial charge is 0.393 e. The van der Waals surface area contributed by atoms with Crippen molar-refractivity contribution in [3.05, 3.63) is 0 Å². The molecule has 4 rings (SSSR count). The van der Waals surface area contributed by atoms with Crippen molar-refractivity contribution in [3.8, 4) is 0 Å². The second-order valence-electron chi connectivity index (χ2n) is 9.07. The summed E-state index contributed by atoms with van der Waals surface area (Å²) in [5.41, 5.74) is 0.502. The van der Waals surface area contributed by atoms with Crippen LogP contribution >= 0.6 is 15.9 Å². The standard InChI is InChI=1S/C19H29BrO2/c1-18-10-8-15(21)17(20)14(18)4-3-11-12-5-6-16(22)19(12,2)9-7-13(11)18/h11-14,16-17,22H,3-10H2,1-2H3/t11-,12+,13-,14+,16-,17+,18-,19+/m0/s1. The van der Waals surface area contributed by atoms with Crippen LogP contribution < -0.4 is 0 Å². The topological polar surface area (TPSA) is 37.3 Å². The summed E-state index contributed by atoms with van der Waals surface area (Å²) in [6.45, 7) is 4.82. The van der Waals surface area contributed by atoms with Gasteiger partial charge in [0.05, 0.1) is 10.9 Å². The SMILES string of the molecule is C[C@@]12CC[C@H]3[C@@H](CC[C@@H]4[C@@H](Br)C(=O)CC[C@]43C)[C@H]1CC[C@@H]2O. The van der Waals surface area contributed by atoms with Crippen LogP contribution in [0.3, 0.4) is 0 Å². The van der Waals surface area contributed by atoms with E-state index in [1.807, 2.05) is 0 Å². The Morgan fingerprint density at radius 3 is 2.41 bits per heavy atom. The van der Waals surface area contributed by atoms with Gasteiger partial charge in [0.25, 0.3) is 0 Å². The van der Waals surface area contributed by atoms with Gasteiger partial charge in [0.15, 0.2) is 0 Å². The highest BCUT2D eigenvalue weighted by Gasteiger charge is 2.61. The number of Topliss-reactive ketones (excluding diaryl/α,β-unsaturated/α-hetero) is 1. The molecule has 4 fully saturated rings. The number of carbonyl (C=O) groups is 1. The summed E-state index contributed by atoms with van der Waals surface area (Å²) in [4.78, 5) is 12.2. The van der Waals surface area contributed by atoms with E-state index in [-0.39, 0.29) is 16.3 Å². The van der Waals surface area contributed by atoms with E-state index in [1.165, 1.54) is 32.1 Å². The molecule has 0 aromatic heterocycles. The number of fused-ring (bicyclic) bond motifs is 5. The van der Waals surface area contributed by atoms with Crippen molar-refractivity contribution in [2.45, 2.75) is 76.1 Å². The van der Waals surface area contributed by atoms with Gasteiger partial charge in [-0.15, -0.1) is 0 Å². The molecule has 0 spiro atoms. The summed E-state index contributed by atoms with van der Waals surface area (Å²) < 4.78 is 0. The van der Waals surface area contributed by atoms with Gasteiger partial charge in [-0.25, -0.2) is 0 Å². The fourth-order valence-electron chi connectivity index (χ4n) is 7.06. The number of alkyl halides is 1. The van der Waals surface area contributed by atoms with E-state index in [1.54, 1.807) is 0 Å². The van der Waals surface area contributed by atoms with Crippen molar-refractivity contribution in [1.29, 1.82) is 0 Å². The number of hydrogen-bond donors (Lipinski definition) is 1. The van der Waals surface area contributed by atoms with Gasteiger partial charge in [-0.1, -0.05) is 29.8 Å². The monoisotopic (exact) mass is 368 g/mol. The highest BCUT2D eigenvalue weighted by atomic mass is 79.9. The molecule has 4 aliphatic rings. The van der Waals surface area contributed by atoms with Gasteiger partial charge < -0.3 is 5.11 Å². The lowest BCUT2D eigenvalue weighted by atomic mass is 9.45. The summed E-state index contributed by atoms with van der Waals surface area (Å²) in [6, 6.07) is 0. The minimum Gasteiger partial charge on any atom is -0.393 e. The molecule has 0 aliphatic heterocycles. The minimum atomic E-state index is -0.0826. The molecule has 2 nitrogen and oxygen atoms in total. The molecule has 1 N–H and O–H groups in total. The number of rotatable bonds is 0. The number of hydrogen-bond acceptors (Lipinski definition) is 2. The molecule has 0 radical (unpaired) electrons. The fraction of sp³-hybridized carbons (Fsp3) is 0.947. The molecule has 0 heterocycles. The van der Waals surface area contributed by atoms with Gasteiger partial charge in [-0.2, -0.15) is 0 Å². The Kier molecular flexibility index (Phi) is 3.59. The Morgan fingerprint density at radius 1 is 0.955 bits per heavy atom. The Labute approximate surface area is 142 Å². The van der Waals surface area contributed by atoms with E-state index in [0.717, 1.165) is 31.1 Å². The minimum absolute atomic E-state index is 0.0826. The Morgan fingerprint density at radius 2 is 1.64 bits per heavy atom. The van der Waals surface area contributed by atoms with Crippen LogP contribution in [-0.4, -0.2) is 21.8 Å². The molecule has 4 aliphatic carbocycles. The van der Waals surface area contributed by atoms with E-state index in [4.69, 9.17) is 0 Å². The lowest BCUT2D eigenvalue weighted by Gasteiger charge is -2.60. The van der Waals surface area contributed by atoms with Gasteiger partial charge in [0, 0.05) is 6.42 Å². The third-order valence-corrected chi connectivity index (χ3v) is 9.61. The van der Waals surface area contributed by atoms with E-state index < -0.39 is 0 Å². The molecule has 124 valence electrons. The quantitative estimate of drug-likeness (QED) is 0.646. The van der Waals surface area contributed by atoms with Crippen LogP contribution in [0.4, 0.5) is 0 Å². The first kappa shape index (κ1) is 15.6. The molecular weight excluding hydrogens is 340 g/mol. The molecule has 22 heavy (non-hydrogen) atoms. The summed E-state index contributed by atoms with van der Waals surface area (Å²) in [7, 11) is 0. The summed E-state index contributed by atoms with van der Waals surface area (Å²) in [5.74, 6) is 3.22. The first-order valence-electron chi connectivity index (χ1n) is 9.23. The van der Waals surface area contributed by atoms with E-state index in [9.17, 15) is 9.90 Å². The van der Waals surface area contributed by atoms with Crippen LogP contribution in [0.15, 0.2) is 0 Å². The van der Waals surface area contributed by atoms with Crippen LogP contribution in [0, 0.1) is 34.5 Å². The van der Waals surface area contributed by atoms with Crippen LogP contribution in [0.5, 0.6) is 0 Å². The Balaban J connectivity index is 1.65. The fourth-order valence-corrected chi connectivity index (χ4v) is 8.16. The molecular formula is C19H29BrO2. The first-order chi connectivity index (χ1) is 10.4. The number of halogens is 1. The third kappa shape index (κ3) is 1.90. The lowest BCUT2D eigenvalue weighted by molar-refractivity contribution is -0.140. The van der Waals surface area contributed by atoms with Gasteiger partial charge in [0.2, 0.25) is 0 Å². The predicted octanol–water partition coefficient (Wildman–Crippen LogP) is 4.33. The summed E-state index contributed by atoms with van der Waals surface area (Å²) in [6.07, 6.45) is 8.90. The molecule has 0 saturated heterocycles. The number of carbonyl (C=O) groups excluding carboxylic acids is 1. The summed E-state index contributed by atoms with van der Waals surface area (Å²) in [5, 5.41) is 10.5. The van der Waals surface area contributed by atoms with Crippen LogP contribution in [0.1, 0.15) is 65.2 Å². The Bertz CT molecular complexity index is 492. The van der Waals surface area contributed by atoms with Crippen molar-refractivity contribution in [2.24, 2.45) is 34.5 Å². The van der Waals surface area contributed by atoms with Crippen molar-refractivity contribution < 1.29 is 9.90 Å². The second-order valence-corrected chi connectivity index (χ2v) is 10.1. The van der Waals surface area contributed by atoms with Crippen molar-refractivity contribution in [3.63, 3.8) is 0 Å². The first-order valence-corrected chi connectivity index (χ1v) is 10.1. The molecule has 0 amide bonds. The molecule has 8 atom stereocenters. The molecule has 3 heteroatoms. The zero-order chi connectivity index (χ0) is 15.7. The third-order valence-electron chi connectivity index (χ3n) is 8.46. The molecule has 0 bridgehead atoms. The van der Waals surface area contributed by atoms with Crippen LogP contribution in [0.2, 0.25) is 0 Å². The Hall–Kier alpha value is 0.110. The highest BCUT2D eigenvalue weighted by Crippen LogP contribution is 2.66. The van der Waals surface area contributed by atoms with Crippen molar-refractivity contribution in [1.82, 2.24) is 0 Å². The van der Waals surface area contributed by atoms with Gasteiger partial charge in [0.1, 0.15) is 5.78 Å². The average molecular weight is 369 g/mol. The maximum absolute atomic E-state index is 12.1. The number of aliphatic hydroxyl groups is 1. The van der Waals surface area contributed by atoms with E-state index in [0.29, 0.717) is 23.0 Å². The van der Waals surface area contributed by atoms with Crippen LogP contribution in [0.25, 0.3) is 0 Å². The zero-order valence-corrected chi connectivity index (χ0v) is 15.4.